The lowest BCUT2D eigenvalue weighted by atomic mass is 10.2. The number of nitrogens with two attached hydrogens (primary N) is 1. The second-order valence-corrected chi connectivity index (χ2v) is 4.59. The van der Waals surface area contributed by atoms with E-state index in [2.05, 4.69) is 0 Å². The summed E-state index contributed by atoms with van der Waals surface area (Å²) in [5.74, 6) is 0. The van der Waals surface area contributed by atoms with Gasteiger partial charge < -0.3 is 5.11 Å². The monoisotopic (exact) mass is 227 g/mol. The predicted octanol–water partition coefficient (Wildman–Crippen LogP) is 0.730. The minimum atomic E-state index is -3.61. The Kier molecular flexibility index (Phi) is 4.02. The number of aliphatic hydroxyl groups excluding tert-OH is 1. The van der Waals surface area contributed by atoms with Crippen molar-refractivity contribution in [1.29, 1.82) is 0 Å². The van der Waals surface area contributed by atoms with Gasteiger partial charge in [-0.3, -0.25) is 0 Å². The van der Waals surface area contributed by atoms with E-state index < -0.39 is 10.0 Å². The van der Waals surface area contributed by atoms with E-state index in [9.17, 15) is 8.42 Å². The average molecular weight is 227 g/mol. The number of hydrogen-bond acceptors (Lipinski definition) is 3. The Hall–Kier alpha value is -1.17. The van der Waals surface area contributed by atoms with Crippen LogP contribution in [0.3, 0.4) is 0 Å². The Morgan fingerprint density at radius 3 is 2.33 bits per heavy atom. The first-order chi connectivity index (χ1) is 7.04. The van der Waals surface area contributed by atoms with Gasteiger partial charge in [0.05, 0.1) is 4.90 Å². The molecule has 15 heavy (non-hydrogen) atoms. The van der Waals surface area contributed by atoms with E-state index >= 15 is 0 Å². The first-order valence-electron chi connectivity index (χ1n) is 4.44. The number of hydrogen-bond donors (Lipinski definition) is 2. The van der Waals surface area contributed by atoms with E-state index in [1.54, 1.807) is 12.1 Å². The van der Waals surface area contributed by atoms with Gasteiger partial charge in [0.2, 0.25) is 10.0 Å². The molecule has 1 rings (SSSR count). The van der Waals surface area contributed by atoms with Crippen molar-refractivity contribution in [2.45, 2.75) is 11.3 Å². The molecule has 0 fully saturated rings. The van der Waals surface area contributed by atoms with Gasteiger partial charge in [-0.2, -0.15) is 0 Å². The number of aliphatic hydroxyl groups is 1. The van der Waals surface area contributed by atoms with E-state index in [1.165, 1.54) is 12.1 Å². The van der Waals surface area contributed by atoms with Gasteiger partial charge in [0, 0.05) is 6.61 Å². The molecule has 0 atom stereocenters. The highest BCUT2D eigenvalue weighted by Gasteiger charge is 2.05. The normalized spacial score (nSPS) is 12.1. The van der Waals surface area contributed by atoms with Crippen molar-refractivity contribution in [3.05, 3.63) is 35.9 Å². The van der Waals surface area contributed by atoms with Crippen LogP contribution in [0.1, 0.15) is 12.0 Å². The third-order valence-electron chi connectivity index (χ3n) is 1.81. The molecule has 0 heterocycles. The molecule has 3 N–H and O–H groups in total. The topological polar surface area (TPSA) is 80.4 Å². The third kappa shape index (κ3) is 3.83. The van der Waals surface area contributed by atoms with Gasteiger partial charge in [0.1, 0.15) is 0 Å². The largest absolute Gasteiger partial charge is 0.396 e. The van der Waals surface area contributed by atoms with Gasteiger partial charge in [-0.25, -0.2) is 13.6 Å². The molecule has 0 radical (unpaired) electrons. The summed E-state index contributed by atoms with van der Waals surface area (Å²) >= 11 is 0. The minimum Gasteiger partial charge on any atom is -0.396 e. The lowest BCUT2D eigenvalue weighted by molar-refractivity contribution is 0.303. The van der Waals surface area contributed by atoms with Crippen LogP contribution in [0.25, 0.3) is 6.08 Å². The van der Waals surface area contributed by atoms with Crippen LogP contribution in [-0.4, -0.2) is 20.1 Å². The second-order valence-electron chi connectivity index (χ2n) is 3.03. The van der Waals surface area contributed by atoms with Gasteiger partial charge in [-0.05, 0) is 24.1 Å². The zero-order valence-electron chi connectivity index (χ0n) is 8.13. The summed E-state index contributed by atoms with van der Waals surface area (Å²) in [6.45, 7) is 0.103. The molecule has 0 aliphatic heterocycles. The number of sulfonamides is 1. The molecule has 0 aliphatic rings. The standard InChI is InChI=1S/C10H13NO3S/c11-15(13,14)10-6-4-9(5-7-10)3-1-2-8-12/h1,3-7,12H,2,8H2,(H2,11,13,14). The summed E-state index contributed by atoms with van der Waals surface area (Å²) in [6, 6.07) is 6.23. The highest BCUT2D eigenvalue weighted by atomic mass is 32.2. The van der Waals surface area contributed by atoms with E-state index in [0.717, 1.165) is 5.56 Å². The Labute approximate surface area is 89.1 Å². The van der Waals surface area contributed by atoms with Gasteiger partial charge >= 0.3 is 0 Å². The zero-order valence-corrected chi connectivity index (χ0v) is 8.94. The molecule has 0 bridgehead atoms. The van der Waals surface area contributed by atoms with Crippen molar-refractivity contribution in [3.8, 4) is 0 Å². The number of primary sulfonamides is 1. The fraction of sp³-hybridized carbons (Fsp3) is 0.200. The summed E-state index contributed by atoms with van der Waals surface area (Å²) in [4.78, 5) is 0.0989. The molecule has 0 amide bonds. The van der Waals surface area contributed by atoms with Crippen LogP contribution < -0.4 is 5.14 Å². The minimum absolute atomic E-state index is 0.0989. The van der Waals surface area contributed by atoms with Gasteiger partial charge in [0.15, 0.2) is 0 Å². The molecule has 1 aromatic carbocycles. The highest BCUT2D eigenvalue weighted by molar-refractivity contribution is 7.89. The van der Waals surface area contributed by atoms with E-state index in [-0.39, 0.29) is 11.5 Å². The van der Waals surface area contributed by atoms with Gasteiger partial charge in [-0.15, -0.1) is 0 Å². The summed E-state index contributed by atoms with van der Waals surface area (Å²) in [5.41, 5.74) is 0.871. The Bertz CT molecular complexity index is 434. The quantitative estimate of drug-likeness (QED) is 0.795. The van der Waals surface area contributed by atoms with Crippen molar-refractivity contribution in [3.63, 3.8) is 0 Å². The lowest BCUT2D eigenvalue weighted by Crippen LogP contribution is -2.11. The molecule has 4 nitrogen and oxygen atoms in total. The second kappa shape index (κ2) is 5.06. The molecule has 0 spiro atoms. The summed E-state index contributed by atoms with van der Waals surface area (Å²) in [6.07, 6.45) is 4.20. The lowest BCUT2D eigenvalue weighted by Gasteiger charge is -1.98. The van der Waals surface area contributed by atoms with Gasteiger partial charge in [0.25, 0.3) is 0 Å². The molecule has 0 saturated heterocycles. The highest BCUT2D eigenvalue weighted by Crippen LogP contribution is 2.09. The molecule has 0 aromatic heterocycles. The molecule has 0 saturated carbocycles. The fourth-order valence-corrected chi connectivity index (χ4v) is 1.58. The SMILES string of the molecule is NS(=O)(=O)c1ccc(C=CCCO)cc1. The zero-order chi connectivity index (χ0) is 11.3. The molecule has 5 heteroatoms. The van der Waals surface area contributed by atoms with Crippen LogP contribution >= 0.6 is 0 Å². The van der Waals surface area contributed by atoms with Crippen LogP contribution in [0.4, 0.5) is 0 Å². The molecule has 0 aliphatic carbocycles. The van der Waals surface area contributed by atoms with Crippen molar-refractivity contribution < 1.29 is 13.5 Å². The fourth-order valence-electron chi connectivity index (χ4n) is 1.06. The van der Waals surface area contributed by atoms with Crippen molar-refractivity contribution >= 4 is 16.1 Å². The predicted molar refractivity (Wildman–Crippen MR) is 58.6 cm³/mol. The smallest absolute Gasteiger partial charge is 0.238 e. The van der Waals surface area contributed by atoms with Crippen LogP contribution in [0.15, 0.2) is 35.2 Å². The van der Waals surface area contributed by atoms with E-state index in [0.29, 0.717) is 6.42 Å². The molecular weight excluding hydrogens is 214 g/mol. The Balaban J connectivity index is 2.82. The summed E-state index contributed by atoms with van der Waals surface area (Å²) in [7, 11) is -3.61. The Morgan fingerprint density at radius 2 is 1.87 bits per heavy atom. The van der Waals surface area contributed by atoms with Crippen LogP contribution in [0, 0.1) is 0 Å². The summed E-state index contributed by atoms with van der Waals surface area (Å²) in [5, 5.41) is 13.5. The Morgan fingerprint density at radius 1 is 1.27 bits per heavy atom. The number of rotatable bonds is 4. The summed E-state index contributed by atoms with van der Waals surface area (Å²) < 4.78 is 21.9. The first-order valence-corrected chi connectivity index (χ1v) is 5.99. The molecule has 1 aromatic rings. The molecule has 0 unspecified atom stereocenters. The van der Waals surface area contributed by atoms with Gasteiger partial charge in [-0.1, -0.05) is 24.3 Å². The molecule has 82 valence electrons. The van der Waals surface area contributed by atoms with E-state index in [1.807, 2.05) is 12.2 Å². The van der Waals surface area contributed by atoms with Crippen molar-refractivity contribution in [2.24, 2.45) is 5.14 Å². The van der Waals surface area contributed by atoms with Crippen LogP contribution in [0.5, 0.6) is 0 Å². The average Bonchev–Trinajstić information content (AvgIpc) is 2.18. The molecular formula is C10H13NO3S. The first kappa shape index (κ1) is 11.9. The maximum atomic E-state index is 10.9. The van der Waals surface area contributed by atoms with Crippen molar-refractivity contribution in [1.82, 2.24) is 0 Å². The van der Waals surface area contributed by atoms with Crippen molar-refractivity contribution in [2.75, 3.05) is 6.61 Å². The maximum absolute atomic E-state index is 10.9. The number of benzene rings is 1. The third-order valence-corrected chi connectivity index (χ3v) is 2.74. The van der Waals surface area contributed by atoms with Crippen LogP contribution in [0.2, 0.25) is 0 Å². The maximum Gasteiger partial charge on any atom is 0.238 e. The van der Waals surface area contributed by atoms with E-state index in [4.69, 9.17) is 10.2 Å². The van der Waals surface area contributed by atoms with Crippen LogP contribution in [-0.2, 0) is 10.0 Å².